The first-order valence-corrected chi connectivity index (χ1v) is 14.9. The highest BCUT2D eigenvalue weighted by Crippen LogP contribution is 2.28. The normalized spacial score (nSPS) is 16.2. The number of amides is 1. The summed E-state index contributed by atoms with van der Waals surface area (Å²) in [6.45, 7) is 5.75. The molecule has 3 unspecified atom stereocenters. The number of Topliss-reactive ketones (excluding diaryl/α,β-unsaturated/α-hetero) is 1. The van der Waals surface area contributed by atoms with Crippen LogP contribution in [-0.2, 0) is 19.1 Å². The van der Waals surface area contributed by atoms with E-state index in [0.29, 0.717) is 40.7 Å². The van der Waals surface area contributed by atoms with Gasteiger partial charge in [-0.1, -0.05) is 81.3 Å². The molecule has 3 rings (SSSR count). The third-order valence-corrected chi connectivity index (χ3v) is 6.70. The van der Waals surface area contributed by atoms with Crippen molar-refractivity contribution < 1.29 is 38.2 Å². The number of hydrogen-bond donors (Lipinski definition) is 2. The second kappa shape index (κ2) is 26.6. The number of aliphatic hydroxyl groups is 1. The second-order valence-electron chi connectivity index (χ2n) is 10.6. The summed E-state index contributed by atoms with van der Waals surface area (Å²) in [5.41, 5.74) is 7.55. The van der Waals surface area contributed by atoms with Crippen molar-refractivity contribution >= 4 is 30.6 Å². The van der Waals surface area contributed by atoms with Crippen LogP contribution in [0.2, 0.25) is 0 Å². The first-order chi connectivity index (χ1) is 21.5. The van der Waals surface area contributed by atoms with Crippen molar-refractivity contribution in [3.8, 4) is 0 Å². The third-order valence-electron chi connectivity index (χ3n) is 6.70. The van der Waals surface area contributed by atoms with Crippen molar-refractivity contribution in [3.05, 3.63) is 83.6 Å². The minimum absolute atomic E-state index is 0.0381. The van der Waals surface area contributed by atoms with Crippen LogP contribution in [0.4, 0.5) is 0 Å². The van der Waals surface area contributed by atoms with Crippen LogP contribution in [0.3, 0.4) is 0 Å². The van der Waals surface area contributed by atoms with Crippen molar-refractivity contribution in [2.75, 3.05) is 35.4 Å². The van der Waals surface area contributed by atoms with Gasteiger partial charge in [-0.3, -0.25) is 23.7 Å². The van der Waals surface area contributed by atoms with Gasteiger partial charge in [-0.2, -0.15) is 4.99 Å². The quantitative estimate of drug-likeness (QED) is 0.147. The number of nitrogens with zero attached hydrogens (tertiary/aromatic N) is 2. The molecule has 1 heterocycles. The van der Waals surface area contributed by atoms with Gasteiger partial charge in [0, 0.05) is 50.9 Å². The molecule has 0 aromatic heterocycles. The number of aliphatic imine (C=N–C) groups is 1. The summed E-state index contributed by atoms with van der Waals surface area (Å²) < 4.78 is 10.9. The van der Waals surface area contributed by atoms with Crippen LogP contribution in [0.25, 0.3) is 0 Å². The molecule has 2 aromatic rings. The number of aliphatic hydroxyl groups excluding tert-OH is 1. The van der Waals surface area contributed by atoms with E-state index in [-0.39, 0.29) is 23.8 Å². The SMILES string of the molecule is CC(=O)C(C)c1ccccc1.CCCCC1CCC([N+](C)(C)/C=C\C(N)=NC=O)O1.CO.COC.O=Cc1ccccc1C=O. The molecule has 1 amide bonds. The van der Waals surface area contributed by atoms with Crippen molar-refractivity contribution in [1.29, 1.82) is 0 Å². The lowest BCUT2D eigenvalue weighted by molar-refractivity contribution is -0.889. The fourth-order valence-electron chi connectivity index (χ4n) is 3.99. The molecule has 1 saturated heterocycles. The summed E-state index contributed by atoms with van der Waals surface area (Å²) in [5.74, 6) is 0.481. The smallest absolute Gasteiger partial charge is 0.234 e. The predicted molar refractivity (Wildman–Crippen MR) is 180 cm³/mol. The minimum Gasteiger partial charge on any atom is -0.400 e. The summed E-state index contributed by atoms with van der Waals surface area (Å²) in [5, 5.41) is 7.00. The predicted octanol–water partition coefficient (Wildman–Crippen LogP) is 5.35. The number of methoxy groups -OCH3 is 1. The largest absolute Gasteiger partial charge is 0.400 e. The fourth-order valence-corrected chi connectivity index (χ4v) is 3.99. The Morgan fingerprint density at radius 1 is 1.02 bits per heavy atom. The number of quaternary nitrogens is 1. The Morgan fingerprint density at radius 2 is 1.53 bits per heavy atom. The Balaban J connectivity index is 0. The first-order valence-electron chi connectivity index (χ1n) is 14.9. The average molecular weight is 629 g/mol. The number of rotatable bonds is 11. The number of hydrogen-bond acceptors (Lipinski definition) is 7. The molecule has 0 saturated carbocycles. The molecule has 10 heteroatoms. The van der Waals surface area contributed by atoms with Gasteiger partial charge in [-0.15, -0.1) is 0 Å². The van der Waals surface area contributed by atoms with E-state index in [0.717, 1.165) is 31.9 Å². The molecule has 0 bridgehead atoms. The van der Waals surface area contributed by atoms with Crippen LogP contribution in [0, 0.1) is 0 Å². The first kappa shape index (κ1) is 43.3. The van der Waals surface area contributed by atoms with Crippen LogP contribution in [0.5, 0.6) is 0 Å². The van der Waals surface area contributed by atoms with Gasteiger partial charge in [0.25, 0.3) is 0 Å². The molecule has 0 spiro atoms. The monoisotopic (exact) mass is 628 g/mol. The van der Waals surface area contributed by atoms with Gasteiger partial charge in [0.05, 0.1) is 20.2 Å². The van der Waals surface area contributed by atoms with Gasteiger partial charge in [-0.05, 0) is 25.3 Å². The van der Waals surface area contributed by atoms with Crippen molar-refractivity contribution in [2.45, 2.75) is 71.1 Å². The summed E-state index contributed by atoms with van der Waals surface area (Å²) in [4.78, 5) is 45.1. The molecule has 1 fully saturated rings. The summed E-state index contributed by atoms with van der Waals surface area (Å²) in [6.07, 6.45) is 11.7. The van der Waals surface area contributed by atoms with Gasteiger partial charge in [-0.25, -0.2) is 0 Å². The summed E-state index contributed by atoms with van der Waals surface area (Å²) in [7, 11) is 8.38. The Morgan fingerprint density at radius 3 is 1.98 bits per heavy atom. The molecule has 2 aromatic carbocycles. The lowest BCUT2D eigenvalue weighted by atomic mass is 9.98. The number of carbonyl (C=O) groups excluding carboxylic acids is 4. The van der Waals surface area contributed by atoms with Crippen LogP contribution in [0.15, 0.2) is 71.9 Å². The van der Waals surface area contributed by atoms with E-state index in [9.17, 15) is 19.2 Å². The molecule has 0 radical (unpaired) electrons. The van der Waals surface area contributed by atoms with Crippen LogP contribution < -0.4 is 5.73 Å². The number of amidine groups is 1. The standard InChI is InChI=1S/C14H25N3O2.C10H12O.C8H6O2.C2H6O.CH4O/c1-4-5-6-12-7-8-14(19-12)17(2,3)10-9-13(15)16-11-18;1-8(9(2)11)10-6-4-3-5-7-10;9-5-7-3-1-2-4-8(7)6-10;1-3-2;1-2/h9-12,14H,4-8H2,1-3H3,(H-,15,16,18);3-8H,1-2H3;1-6H;1-2H3;2H,1H3/p+1/b10-9-;;;;. The number of aldehydes is 2. The van der Waals surface area contributed by atoms with Crippen molar-refractivity contribution in [1.82, 2.24) is 0 Å². The molecule has 0 aliphatic carbocycles. The lowest BCUT2D eigenvalue weighted by Gasteiger charge is -2.31. The fraction of sp³-hybridized carbons (Fsp3) is 0.457. The zero-order chi connectivity index (χ0) is 34.7. The Hall–Kier alpha value is -3.83. The summed E-state index contributed by atoms with van der Waals surface area (Å²) >= 11 is 0. The molecular weight excluding hydrogens is 574 g/mol. The van der Waals surface area contributed by atoms with Crippen molar-refractivity contribution in [3.63, 3.8) is 0 Å². The number of benzene rings is 2. The maximum Gasteiger partial charge on any atom is 0.234 e. The van der Waals surface area contributed by atoms with Crippen LogP contribution in [0.1, 0.15) is 85.1 Å². The number of ether oxygens (including phenoxy) is 2. The molecule has 10 nitrogen and oxygen atoms in total. The lowest BCUT2D eigenvalue weighted by Crippen LogP contribution is -2.44. The third kappa shape index (κ3) is 19.2. The van der Waals surface area contributed by atoms with E-state index in [2.05, 4.69) is 30.7 Å². The van der Waals surface area contributed by atoms with Gasteiger partial charge >= 0.3 is 0 Å². The van der Waals surface area contributed by atoms with E-state index < -0.39 is 0 Å². The Bertz CT molecular complexity index is 1120. The molecule has 1 aliphatic heterocycles. The topological polar surface area (TPSA) is 145 Å². The highest BCUT2D eigenvalue weighted by molar-refractivity contribution is 5.95. The molecule has 3 atom stereocenters. The number of carbonyl (C=O) groups is 4. The zero-order valence-corrected chi connectivity index (χ0v) is 28.2. The molecular formula is C35H54N3O7+. The van der Waals surface area contributed by atoms with E-state index >= 15 is 0 Å². The van der Waals surface area contributed by atoms with Gasteiger partial charge < -0.3 is 20.3 Å². The molecule has 1 aliphatic rings. The number of ketones is 1. The molecule has 3 N–H and O–H groups in total. The van der Waals surface area contributed by atoms with Crippen molar-refractivity contribution in [2.24, 2.45) is 10.7 Å². The Kier molecular flexibility index (Phi) is 25.6. The zero-order valence-electron chi connectivity index (χ0n) is 28.2. The van der Waals surface area contributed by atoms with Crippen LogP contribution >= 0.6 is 0 Å². The average Bonchev–Trinajstić information content (AvgIpc) is 3.55. The van der Waals surface area contributed by atoms with E-state index in [4.69, 9.17) is 15.6 Å². The highest BCUT2D eigenvalue weighted by atomic mass is 16.5. The molecule has 250 valence electrons. The number of unbranched alkanes of at least 4 members (excludes halogenated alkanes) is 1. The van der Waals surface area contributed by atoms with E-state index in [1.807, 2.05) is 43.5 Å². The maximum absolute atomic E-state index is 10.9. The highest BCUT2D eigenvalue weighted by Gasteiger charge is 2.35. The van der Waals surface area contributed by atoms with Gasteiger partial charge in [0.15, 0.2) is 18.8 Å². The Labute approximate surface area is 269 Å². The minimum atomic E-state index is 0.0381. The maximum atomic E-state index is 10.9. The van der Waals surface area contributed by atoms with Crippen LogP contribution in [-0.4, -0.2) is 87.9 Å². The number of nitrogens with two attached hydrogens (primary N) is 1. The van der Waals surface area contributed by atoms with Gasteiger partial charge in [0.1, 0.15) is 17.8 Å². The summed E-state index contributed by atoms with van der Waals surface area (Å²) in [6, 6.07) is 16.5. The van der Waals surface area contributed by atoms with E-state index in [1.165, 1.54) is 12.8 Å². The second-order valence-corrected chi connectivity index (χ2v) is 10.6. The molecule has 45 heavy (non-hydrogen) atoms. The van der Waals surface area contributed by atoms with E-state index in [1.54, 1.807) is 51.5 Å². The van der Waals surface area contributed by atoms with Gasteiger partial charge in [0.2, 0.25) is 6.41 Å².